The molecule has 0 unspecified atom stereocenters. The minimum Gasteiger partial charge on any atom is -0.480 e. The van der Waals surface area contributed by atoms with Crippen molar-refractivity contribution in [3.05, 3.63) is 52.1 Å². The minimum atomic E-state index is -1.89. The topological polar surface area (TPSA) is 364 Å². The number of amides is 4. The number of H-pyrrole nitrogens is 1. The van der Waals surface area contributed by atoms with Crippen LogP contribution in [0.4, 0.5) is 11.6 Å². The van der Waals surface area contributed by atoms with Crippen molar-refractivity contribution in [3.63, 3.8) is 0 Å². The van der Waals surface area contributed by atoms with Gasteiger partial charge in [0.05, 0.1) is 31.1 Å². The van der Waals surface area contributed by atoms with E-state index in [0.717, 1.165) is 0 Å². The number of aromatic nitrogens is 4. The fraction of sp³-hybridized carbons (Fsp3) is 0.452. The lowest BCUT2D eigenvalue weighted by atomic mass is 10.0. The van der Waals surface area contributed by atoms with Crippen LogP contribution in [0.1, 0.15) is 41.7 Å². The van der Waals surface area contributed by atoms with Gasteiger partial charge in [0.25, 0.3) is 11.5 Å². The average Bonchev–Trinajstić information content (AvgIpc) is 3.14. The molecule has 0 saturated heterocycles. The summed E-state index contributed by atoms with van der Waals surface area (Å²) in [6.07, 6.45) is -7.10. The van der Waals surface area contributed by atoms with Crippen LogP contribution in [0.2, 0.25) is 0 Å². The number of nitrogen functional groups attached to an aromatic ring is 1. The Morgan fingerprint density at radius 3 is 2.17 bits per heavy atom. The molecule has 6 atom stereocenters. The Bertz CT molecular complexity index is 1810. The minimum absolute atomic E-state index is 0.0112. The van der Waals surface area contributed by atoms with Gasteiger partial charge in [0.15, 0.2) is 11.2 Å². The number of likely N-dealkylation sites (N-methyl/N-ethyl adjacent to an activating group) is 1. The third kappa shape index (κ3) is 12.4. The highest BCUT2D eigenvalue weighted by Gasteiger charge is 2.30. The number of nitrogens with two attached hydrogens (primary N) is 1. The highest BCUT2D eigenvalue weighted by molar-refractivity contribution is 5.97. The van der Waals surface area contributed by atoms with Crippen molar-refractivity contribution in [1.82, 2.24) is 41.2 Å². The number of fused-ring (bicyclic) bond motifs is 1. The maximum atomic E-state index is 12.8. The molecular formula is C31H42N10O12. The van der Waals surface area contributed by atoms with E-state index >= 15 is 0 Å². The van der Waals surface area contributed by atoms with Gasteiger partial charge < -0.3 is 63.0 Å². The Morgan fingerprint density at radius 1 is 0.887 bits per heavy atom. The maximum Gasteiger partial charge on any atom is 0.326 e. The van der Waals surface area contributed by atoms with E-state index in [1.54, 1.807) is 12.1 Å². The van der Waals surface area contributed by atoms with E-state index in [2.05, 4.69) is 46.5 Å². The summed E-state index contributed by atoms with van der Waals surface area (Å²) in [7, 11) is 1.29. The van der Waals surface area contributed by atoms with Crippen molar-refractivity contribution >= 4 is 52.4 Å². The molecule has 4 amide bonds. The summed E-state index contributed by atoms with van der Waals surface area (Å²) in [5.41, 5.74) is 6.17. The van der Waals surface area contributed by atoms with Gasteiger partial charge in [-0.05, 0) is 37.1 Å². The summed E-state index contributed by atoms with van der Waals surface area (Å²) in [5, 5.41) is 69.8. The Balaban J connectivity index is 1.48. The number of aliphatic hydroxyl groups is 5. The Kier molecular flexibility index (Phi) is 15.5. The van der Waals surface area contributed by atoms with E-state index in [4.69, 9.17) is 10.8 Å². The molecule has 22 heteroatoms. The van der Waals surface area contributed by atoms with Gasteiger partial charge in [-0.1, -0.05) is 0 Å². The molecular weight excluding hydrogens is 704 g/mol. The van der Waals surface area contributed by atoms with Gasteiger partial charge in [-0.25, -0.2) is 14.8 Å². The van der Waals surface area contributed by atoms with Crippen LogP contribution in [-0.2, 0) is 25.7 Å². The number of carbonyl (C=O) groups is 5. The number of aliphatic hydroxyl groups excluding tert-OH is 5. The zero-order valence-electron chi connectivity index (χ0n) is 28.4. The van der Waals surface area contributed by atoms with Crippen molar-refractivity contribution in [3.8, 4) is 0 Å². The highest BCUT2D eigenvalue weighted by Crippen LogP contribution is 2.13. The number of carbonyl (C=O) groups excluding carboxylic acids is 4. The summed E-state index contributed by atoms with van der Waals surface area (Å²) < 4.78 is 0. The molecule has 2 aromatic heterocycles. The highest BCUT2D eigenvalue weighted by atomic mass is 16.4. The second-order valence-corrected chi connectivity index (χ2v) is 11.7. The summed E-state index contributed by atoms with van der Waals surface area (Å²) in [4.78, 5) is 88.7. The van der Waals surface area contributed by atoms with Crippen molar-refractivity contribution in [2.24, 2.45) is 0 Å². The van der Waals surface area contributed by atoms with Crippen LogP contribution < -0.4 is 37.9 Å². The lowest BCUT2D eigenvalue weighted by Crippen LogP contribution is -2.50. The summed E-state index contributed by atoms with van der Waals surface area (Å²) in [6.45, 7) is -1.26. The largest absolute Gasteiger partial charge is 0.480 e. The predicted molar refractivity (Wildman–Crippen MR) is 184 cm³/mol. The number of benzene rings is 1. The smallest absolute Gasteiger partial charge is 0.326 e. The molecule has 0 aliphatic heterocycles. The van der Waals surface area contributed by atoms with Crippen molar-refractivity contribution in [2.45, 2.75) is 68.7 Å². The first kappa shape index (κ1) is 41.6. The van der Waals surface area contributed by atoms with Gasteiger partial charge in [-0.3, -0.25) is 29.0 Å². The van der Waals surface area contributed by atoms with Crippen LogP contribution >= 0.6 is 0 Å². The third-order valence-corrected chi connectivity index (χ3v) is 7.76. The number of rotatable bonds is 20. The third-order valence-electron chi connectivity index (χ3n) is 7.76. The van der Waals surface area contributed by atoms with E-state index < -0.39 is 91.2 Å². The lowest BCUT2D eigenvalue weighted by molar-refractivity contribution is -0.139. The molecule has 1 aromatic carbocycles. The van der Waals surface area contributed by atoms with Gasteiger partial charge in [0, 0.05) is 37.7 Å². The average molecular weight is 747 g/mol. The van der Waals surface area contributed by atoms with Crippen LogP contribution in [0.25, 0.3) is 11.2 Å². The van der Waals surface area contributed by atoms with E-state index in [0.29, 0.717) is 11.4 Å². The summed E-state index contributed by atoms with van der Waals surface area (Å²) >= 11 is 0. The first-order valence-electron chi connectivity index (χ1n) is 16.1. The lowest BCUT2D eigenvalue weighted by Gasteiger charge is -2.25. The van der Waals surface area contributed by atoms with Gasteiger partial charge in [0.1, 0.15) is 30.4 Å². The molecule has 53 heavy (non-hydrogen) atoms. The number of hydrogen-bond donors (Lipinski definition) is 13. The van der Waals surface area contributed by atoms with E-state index in [-0.39, 0.29) is 48.5 Å². The van der Waals surface area contributed by atoms with Crippen LogP contribution in [0.3, 0.4) is 0 Å². The van der Waals surface area contributed by atoms with Gasteiger partial charge in [0.2, 0.25) is 23.7 Å². The number of nitrogens with one attached hydrogen (secondary N) is 6. The second-order valence-electron chi connectivity index (χ2n) is 11.7. The fourth-order valence-electron chi connectivity index (χ4n) is 4.74. The number of carboxylic acids is 1. The number of hydrogen-bond acceptors (Lipinski definition) is 16. The normalized spacial score (nSPS) is 14.5. The Labute approximate surface area is 300 Å². The van der Waals surface area contributed by atoms with E-state index in [1.807, 2.05) is 0 Å². The van der Waals surface area contributed by atoms with Crippen LogP contribution in [0.15, 0.2) is 35.3 Å². The number of aliphatic carboxylic acids is 1. The Morgan fingerprint density at radius 2 is 1.53 bits per heavy atom. The summed E-state index contributed by atoms with van der Waals surface area (Å²) in [6, 6.07) is 3.29. The molecule has 14 N–H and O–H groups in total. The molecule has 0 saturated carbocycles. The summed E-state index contributed by atoms with van der Waals surface area (Å²) in [5.74, 6) is -4.34. The molecule has 0 aliphatic rings. The SMILES string of the molecule is CNC(=O)[C@H](CCC(=O)NC[C@H](O)[C@@H](O)[C@H](O)[C@H](O)CO)NC(=O)CC[C@@H](NC(=O)c1ccc(NCc2cnc3nc(N)[nH]c(=O)c3n2)cc1)C(=O)O. The number of aromatic amines is 1. The van der Waals surface area contributed by atoms with Gasteiger partial charge in [-0.15, -0.1) is 0 Å². The maximum absolute atomic E-state index is 12.8. The molecule has 0 fully saturated rings. The number of carboxylic acid groups (broad SMARTS) is 1. The molecule has 22 nitrogen and oxygen atoms in total. The molecule has 0 spiro atoms. The zero-order chi connectivity index (χ0) is 39.2. The molecule has 0 radical (unpaired) electrons. The molecule has 0 bridgehead atoms. The number of anilines is 2. The molecule has 288 valence electrons. The quantitative estimate of drug-likeness (QED) is 0.0517. The fourth-order valence-corrected chi connectivity index (χ4v) is 4.74. The van der Waals surface area contributed by atoms with Crippen molar-refractivity contribution in [1.29, 1.82) is 0 Å². The van der Waals surface area contributed by atoms with Crippen LogP contribution in [0, 0.1) is 0 Å². The Hall–Kier alpha value is -5.81. The molecule has 2 heterocycles. The van der Waals surface area contributed by atoms with E-state index in [9.17, 15) is 54.3 Å². The van der Waals surface area contributed by atoms with Gasteiger partial charge in [-0.2, -0.15) is 4.98 Å². The number of nitrogens with zero attached hydrogens (tertiary/aromatic N) is 3. The van der Waals surface area contributed by atoms with Crippen LogP contribution in [0.5, 0.6) is 0 Å². The standard InChI is InChI=1S/C31H42N10O12/c1-33-28(50)17(6-8-21(45)35-12-19(43)24(47)25(48)20(44)13-42)38-22(46)9-7-18(30(52)53)39-27(49)14-2-4-15(5-3-14)34-10-16-11-36-26-23(37-16)29(51)41-31(32)40-26/h2-5,11,17-20,24-25,34,42-44,47-48H,6-10,12-13H2,1H3,(H,33,50)(H,35,45)(H,38,46)(H,39,49)(H,52,53)(H3,32,36,40,41,51)/t17-,18+,19-,20+,24+,25+/m0/s1. The van der Waals surface area contributed by atoms with Crippen molar-refractivity contribution < 1.29 is 54.6 Å². The van der Waals surface area contributed by atoms with Crippen molar-refractivity contribution in [2.75, 3.05) is 31.2 Å². The molecule has 0 aliphatic carbocycles. The van der Waals surface area contributed by atoms with E-state index in [1.165, 1.54) is 25.4 Å². The van der Waals surface area contributed by atoms with Crippen LogP contribution in [-0.4, -0.2) is 137 Å². The first-order valence-corrected chi connectivity index (χ1v) is 16.1. The monoisotopic (exact) mass is 746 g/mol. The molecule has 3 aromatic rings. The molecule has 3 rings (SSSR count). The second kappa shape index (κ2) is 19.7. The van der Waals surface area contributed by atoms with Gasteiger partial charge >= 0.3 is 5.97 Å². The first-order chi connectivity index (χ1) is 25.1. The zero-order valence-corrected chi connectivity index (χ0v) is 28.4. The predicted octanol–water partition coefficient (Wildman–Crippen LogP) is -4.57.